The van der Waals surface area contributed by atoms with Gasteiger partial charge in [-0.25, -0.2) is 0 Å². The normalized spacial score (nSPS) is 11.7. The molecule has 0 spiro atoms. The number of thioether (sulfide) groups is 1. The van der Waals surface area contributed by atoms with Crippen LogP contribution < -0.4 is 20.7 Å². The molecular formula is C34H32ClN3O4S. The number of hydrogen-bond acceptors (Lipinski definition) is 5. The second-order valence-corrected chi connectivity index (χ2v) is 11.1. The molecule has 0 aliphatic heterocycles. The van der Waals surface area contributed by atoms with Crippen molar-refractivity contribution in [1.82, 2.24) is 5.32 Å². The molecule has 0 aliphatic rings. The van der Waals surface area contributed by atoms with Crippen molar-refractivity contribution in [1.29, 1.82) is 0 Å². The van der Waals surface area contributed by atoms with Crippen molar-refractivity contribution in [3.8, 4) is 5.75 Å². The number of rotatable bonds is 12. The van der Waals surface area contributed by atoms with Crippen LogP contribution in [0, 0.1) is 0 Å². The first-order valence-electron chi connectivity index (χ1n) is 13.8. The predicted octanol–water partition coefficient (Wildman–Crippen LogP) is 7.66. The fourth-order valence-corrected chi connectivity index (χ4v) is 5.27. The molecule has 1 atom stereocenters. The van der Waals surface area contributed by atoms with Crippen molar-refractivity contribution in [2.75, 3.05) is 17.2 Å². The molecule has 1 unspecified atom stereocenters. The van der Waals surface area contributed by atoms with E-state index in [-0.39, 0.29) is 16.9 Å². The maximum absolute atomic E-state index is 13.4. The fourth-order valence-electron chi connectivity index (χ4n) is 4.06. The molecule has 0 aromatic heterocycles. The molecule has 0 fully saturated rings. The van der Waals surface area contributed by atoms with Crippen molar-refractivity contribution in [3.63, 3.8) is 0 Å². The number of anilines is 2. The molecule has 43 heavy (non-hydrogen) atoms. The number of hydrogen-bond donors (Lipinski definition) is 3. The third kappa shape index (κ3) is 9.49. The lowest BCUT2D eigenvalue weighted by Gasteiger charge is -2.16. The van der Waals surface area contributed by atoms with Crippen LogP contribution in [-0.4, -0.2) is 29.6 Å². The van der Waals surface area contributed by atoms with Crippen LogP contribution in [0.4, 0.5) is 11.4 Å². The van der Waals surface area contributed by atoms with Crippen LogP contribution in [0.25, 0.3) is 6.08 Å². The Balaban J connectivity index is 1.47. The molecular weight excluding hydrogens is 582 g/mol. The van der Waals surface area contributed by atoms with Crippen molar-refractivity contribution < 1.29 is 19.1 Å². The summed E-state index contributed by atoms with van der Waals surface area (Å²) >= 11 is 7.54. The minimum atomic E-state index is -0.508. The smallest absolute Gasteiger partial charge is 0.272 e. The largest absolute Gasteiger partial charge is 0.494 e. The topological polar surface area (TPSA) is 96.5 Å². The van der Waals surface area contributed by atoms with E-state index in [0.29, 0.717) is 40.6 Å². The molecule has 0 bridgehead atoms. The second kappa shape index (κ2) is 15.6. The van der Waals surface area contributed by atoms with Gasteiger partial charge in [-0.1, -0.05) is 54.9 Å². The first kappa shape index (κ1) is 31.4. The summed E-state index contributed by atoms with van der Waals surface area (Å²) in [6.07, 6.45) is 2.17. The molecule has 0 saturated heterocycles. The van der Waals surface area contributed by atoms with Crippen LogP contribution in [0.2, 0.25) is 5.02 Å². The molecule has 4 aromatic carbocycles. The predicted molar refractivity (Wildman–Crippen MR) is 175 cm³/mol. The SMILES string of the molecule is CCOc1ccc(NC(=O)C(CC)Sc2cccc(NC(=O)/C(=C/c3cccc(Cl)c3)NC(=O)c3ccccc3)c2)cc1. The highest BCUT2D eigenvalue weighted by atomic mass is 35.5. The Kier molecular flexibility index (Phi) is 11.4. The zero-order valence-corrected chi connectivity index (χ0v) is 25.4. The molecule has 220 valence electrons. The van der Waals surface area contributed by atoms with Crippen LogP contribution in [0.3, 0.4) is 0 Å². The molecule has 0 heterocycles. The number of benzene rings is 4. The van der Waals surface area contributed by atoms with E-state index in [2.05, 4.69) is 16.0 Å². The van der Waals surface area contributed by atoms with Crippen molar-refractivity contribution in [3.05, 3.63) is 125 Å². The Hall–Kier alpha value is -4.53. The highest BCUT2D eigenvalue weighted by Crippen LogP contribution is 2.29. The monoisotopic (exact) mass is 613 g/mol. The van der Waals surface area contributed by atoms with E-state index in [4.69, 9.17) is 16.3 Å². The van der Waals surface area contributed by atoms with Gasteiger partial charge in [0.25, 0.3) is 11.8 Å². The van der Waals surface area contributed by atoms with Gasteiger partial charge in [-0.3, -0.25) is 14.4 Å². The van der Waals surface area contributed by atoms with E-state index >= 15 is 0 Å². The minimum absolute atomic E-state index is 0.0512. The van der Waals surface area contributed by atoms with Crippen LogP contribution >= 0.6 is 23.4 Å². The van der Waals surface area contributed by atoms with Crippen LogP contribution in [0.1, 0.15) is 36.2 Å². The van der Waals surface area contributed by atoms with Gasteiger partial charge in [0.15, 0.2) is 0 Å². The van der Waals surface area contributed by atoms with Crippen LogP contribution in [0.15, 0.2) is 114 Å². The zero-order chi connectivity index (χ0) is 30.6. The molecule has 3 N–H and O–H groups in total. The minimum Gasteiger partial charge on any atom is -0.494 e. The van der Waals surface area contributed by atoms with Gasteiger partial charge in [0.1, 0.15) is 11.4 Å². The van der Waals surface area contributed by atoms with Crippen LogP contribution in [-0.2, 0) is 9.59 Å². The van der Waals surface area contributed by atoms with E-state index in [1.807, 2.05) is 50.2 Å². The summed E-state index contributed by atoms with van der Waals surface area (Å²) in [6, 6.07) is 30.1. The van der Waals surface area contributed by atoms with E-state index in [1.165, 1.54) is 11.8 Å². The maximum Gasteiger partial charge on any atom is 0.272 e. The van der Waals surface area contributed by atoms with E-state index < -0.39 is 11.8 Å². The molecule has 0 saturated carbocycles. The van der Waals surface area contributed by atoms with E-state index in [9.17, 15) is 14.4 Å². The number of carbonyl (C=O) groups excluding carboxylic acids is 3. The molecule has 9 heteroatoms. The summed E-state index contributed by atoms with van der Waals surface area (Å²) in [7, 11) is 0. The first-order chi connectivity index (χ1) is 20.8. The Bertz CT molecular complexity index is 1590. The van der Waals surface area contributed by atoms with Crippen molar-refractivity contribution >= 4 is 58.5 Å². The van der Waals surface area contributed by atoms with Gasteiger partial charge in [-0.15, -0.1) is 11.8 Å². The lowest BCUT2D eigenvalue weighted by atomic mass is 10.1. The quantitative estimate of drug-likeness (QED) is 0.113. The molecule has 3 amide bonds. The second-order valence-electron chi connectivity index (χ2n) is 9.38. The Labute approximate surface area is 260 Å². The first-order valence-corrected chi connectivity index (χ1v) is 15.1. The highest BCUT2D eigenvalue weighted by molar-refractivity contribution is 8.00. The molecule has 4 rings (SSSR count). The maximum atomic E-state index is 13.4. The average Bonchev–Trinajstić information content (AvgIpc) is 3.01. The van der Waals surface area contributed by atoms with Gasteiger partial charge < -0.3 is 20.7 Å². The third-order valence-corrected chi connectivity index (χ3v) is 7.75. The Morgan fingerprint density at radius 2 is 1.58 bits per heavy atom. The average molecular weight is 614 g/mol. The summed E-state index contributed by atoms with van der Waals surface area (Å²) in [4.78, 5) is 40.2. The summed E-state index contributed by atoms with van der Waals surface area (Å²) in [6.45, 7) is 4.44. The van der Waals surface area contributed by atoms with Crippen molar-refractivity contribution in [2.45, 2.75) is 30.4 Å². The van der Waals surface area contributed by atoms with Crippen molar-refractivity contribution in [2.24, 2.45) is 0 Å². The molecule has 7 nitrogen and oxygen atoms in total. The molecule has 4 aromatic rings. The third-order valence-electron chi connectivity index (χ3n) is 6.15. The van der Waals surface area contributed by atoms with Crippen LogP contribution in [0.5, 0.6) is 5.75 Å². The number of ether oxygens (including phenoxy) is 1. The number of nitrogens with one attached hydrogen (secondary N) is 3. The van der Waals surface area contributed by atoms with Gasteiger partial charge in [0.2, 0.25) is 5.91 Å². The highest BCUT2D eigenvalue weighted by Gasteiger charge is 2.19. The van der Waals surface area contributed by atoms with Gasteiger partial charge in [0.05, 0.1) is 11.9 Å². The van der Waals surface area contributed by atoms with Gasteiger partial charge in [-0.2, -0.15) is 0 Å². The standard InChI is InChI=1S/C34H32ClN3O4S/c1-3-31(34(41)36-26-16-18-28(19-17-26)42-4-2)43-29-15-9-14-27(22-29)37-33(40)30(21-23-10-8-13-25(35)20-23)38-32(39)24-11-6-5-7-12-24/h5-22,31H,3-4H2,1-2H3,(H,36,41)(H,37,40)(H,38,39)/b30-21-. The summed E-state index contributed by atoms with van der Waals surface area (Å²) in [5.41, 5.74) is 2.32. The number of carbonyl (C=O) groups is 3. The van der Waals surface area contributed by atoms with Gasteiger partial charge >= 0.3 is 0 Å². The van der Waals surface area contributed by atoms with E-state index in [1.54, 1.807) is 72.8 Å². The summed E-state index contributed by atoms with van der Waals surface area (Å²) in [5, 5.41) is 8.70. The fraction of sp³-hybridized carbons (Fsp3) is 0.147. The Morgan fingerprint density at radius 3 is 2.28 bits per heavy atom. The summed E-state index contributed by atoms with van der Waals surface area (Å²) < 4.78 is 5.46. The zero-order valence-electron chi connectivity index (χ0n) is 23.8. The number of halogens is 1. The Morgan fingerprint density at radius 1 is 0.837 bits per heavy atom. The molecule has 0 aliphatic carbocycles. The lowest BCUT2D eigenvalue weighted by molar-refractivity contribution is -0.116. The molecule has 0 radical (unpaired) electrons. The summed E-state index contributed by atoms with van der Waals surface area (Å²) in [5.74, 6) is -0.309. The van der Waals surface area contributed by atoms with Gasteiger partial charge in [0, 0.05) is 26.9 Å². The lowest BCUT2D eigenvalue weighted by Crippen LogP contribution is -2.30. The number of amides is 3. The van der Waals surface area contributed by atoms with E-state index in [0.717, 1.165) is 10.6 Å². The van der Waals surface area contributed by atoms with Gasteiger partial charge in [-0.05, 0) is 91.7 Å².